The van der Waals surface area contributed by atoms with Crippen LogP contribution in [-0.4, -0.2) is 18.8 Å². The molecule has 1 N–H and O–H groups in total. The van der Waals surface area contributed by atoms with Gasteiger partial charge in [0.2, 0.25) is 5.91 Å². The summed E-state index contributed by atoms with van der Waals surface area (Å²) in [7, 11) is 0. The second-order valence-corrected chi connectivity index (χ2v) is 5.15. The molecule has 1 aliphatic carbocycles. The van der Waals surface area contributed by atoms with Gasteiger partial charge in [0.1, 0.15) is 5.75 Å². The molecule has 0 saturated heterocycles. The van der Waals surface area contributed by atoms with Crippen molar-refractivity contribution in [1.82, 2.24) is 5.32 Å². The molecule has 20 heavy (non-hydrogen) atoms. The number of carbonyl (C=O) groups excluding carboxylic acids is 1. The molecule has 3 nitrogen and oxygen atoms in total. The van der Waals surface area contributed by atoms with Crippen LogP contribution in [0.25, 0.3) is 0 Å². The number of ether oxygens (including phenoxy) is 1. The van der Waals surface area contributed by atoms with Gasteiger partial charge in [-0.15, -0.1) is 13.2 Å². The average molecular weight is 287 g/mol. The van der Waals surface area contributed by atoms with Crippen LogP contribution in [0.4, 0.5) is 13.2 Å². The molecule has 2 rings (SSSR count). The fourth-order valence-electron chi connectivity index (χ4n) is 1.99. The normalized spacial score (nSPS) is 21.4. The highest BCUT2D eigenvalue weighted by atomic mass is 19.4. The van der Waals surface area contributed by atoms with Crippen LogP contribution in [0.5, 0.6) is 5.75 Å². The molecular formula is C14H16F3NO2. The van der Waals surface area contributed by atoms with Gasteiger partial charge in [-0.1, -0.05) is 19.1 Å². The number of hydrogen-bond acceptors (Lipinski definition) is 2. The Morgan fingerprint density at radius 1 is 1.35 bits per heavy atom. The summed E-state index contributed by atoms with van der Waals surface area (Å²) in [6.45, 7) is 2.81. The Balaban J connectivity index is 1.79. The number of benzene rings is 1. The zero-order chi connectivity index (χ0) is 14.8. The standard InChI is InChI=1S/C14H16F3NO2/c1-9-6-11(9)8-18-13(19)7-10-2-4-12(5-3-10)20-14(15,16)17/h2-5,9,11H,6-8H2,1H3,(H,18,19). The minimum absolute atomic E-state index is 0.117. The third kappa shape index (κ3) is 4.75. The minimum Gasteiger partial charge on any atom is -0.406 e. The summed E-state index contributed by atoms with van der Waals surface area (Å²) >= 11 is 0. The van der Waals surface area contributed by atoms with Crippen molar-refractivity contribution in [2.75, 3.05) is 6.54 Å². The van der Waals surface area contributed by atoms with Gasteiger partial charge in [-0.2, -0.15) is 0 Å². The van der Waals surface area contributed by atoms with E-state index in [1.807, 2.05) is 0 Å². The maximum absolute atomic E-state index is 12.0. The highest BCUT2D eigenvalue weighted by Gasteiger charge is 2.32. The highest BCUT2D eigenvalue weighted by Crippen LogP contribution is 2.36. The van der Waals surface area contributed by atoms with E-state index in [0.29, 0.717) is 23.9 Å². The Labute approximate surface area is 115 Å². The van der Waals surface area contributed by atoms with Crippen LogP contribution in [-0.2, 0) is 11.2 Å². The number of nitrogens with one attached hydrogen (secondary N) is 1. The first kappa shape index (κ1) is 14.7. The van der Waals surface area contributed by atoms with Crippen molar-refractivity contribution in [1.29, 1.82) is 0 Å². The first-order valence-corrected chi connectivity index (χ1v) is 6.45. The number of alkyl halides is 3. The Hall–Kier alpha value is -1.72. The summed E-state index contributed by atoms with van der Waals surface area (Å²) in [5.74, 6) is 0.845. The van der Waals surface area contributed by atoms with E-state index in [2.05, 4.69) is 17.0 Å². The van der Waals surface area contributed by atoms with Gasteiger partial charge in [0.05, 0.1) is 6.42 Å². The molecule has 6 heteroatoms. The summed E-state index contributed by atoms with van der Waals surface area (Å²) in [6.07, 6.45) is -3.39. The van der Waals surface area contributed by atoms with Crippen LogP contribution in [0.2, 0.25) is 0 Å². The van der Waals surface area contributed by atoms with Gasteiger partial charge in [0.25, 0.3) is 0 Å². The van der Waals surface area contributed by atoms with Crippen LogP contribution in [0.15, 0.2) is 24.3 Å². The quantitative estimate of drug-likeness (QED) is 0.904. The number of hydrogen-bond donors (Lipinski definition) is 1. The van der Waals surface area contributed by atoms with Gasteiger partial charge in [-0.3, -0.25) is 4.79 Å². The minimum atomic E-state index is -4.69. The topological polar surface area (TPSA) is 38.3 Å². The van der Waals surface area contributed by atoms with Crippen molar-refractivity contribution >= 4 is 5.91 Å². The van der Waals surface area contributed by atoms with Crippen molar-refractivity contribution in [3.63, 3.8) is 0 Å². The van der Waals surface area contributed by atoms with Crippen LogP contribution in [0.1, 0.15) is 18.9 Å². The molecule has 1 aromatic carbocycles. The Bertz CT molecular complexity index is 470. The summed E-state index contributed by atoms with van der Waals surface area (Å²) in [5.41, 5.74) is 0.654. The molecule has 1 saturated carbocycles. The van der Waals surface area contributed by atoms with Crippen molar-refractivity contribution in [2.24, 2.45) is 11.8 Å². The number of amides is 1. The van der Waals surface area contributed by atoms with Crippen molar-refractivity contribution in [2.45, 2.75) is 26.1 Å². The van der Waals surface area contributed by atoms with E-state index in [9.17, 15) is 18.0 Å². The molecule has 2 atom stereocenters. The number of carbonyl (C=O) groups is 1. The number of rotatable bonds is 5. The summed E-state index contributed by atoms with van der Waals surface area (Å²) in [6, 6.07) is 5.33. The zero-order valence-corrected chi connectivity index (χ0v) is 11.0. The highest BCUT2D eigenvalue weighted by molar-refractivity contribution is 5.78. The molecule has 1 amide bonds. The molecule has 0 radical (unpaired) electrons. The third-order valence-corrected chi connectivity index (χ3v) is 3.36. The summed E-state index contributed by atoms with van der Waals surface area (Å²) in [4.78, 5) is 11.6. The predicted molar refractivity (Wildman–Crippen MR) is 67.1 cm³/mol. The van der Waals surface area contributed by atoms with Crippen LogP contribution >= 0.6 is 0 Å². The van der Waals surface area contributed by atoms with E-state index in [1.165, 1.54) is 24.3 Å². The fourth-order valence-corrected chi connectivity index (χ4v) is 1.99. The second kappa shape index (κ2) is 5.73. The lowest BCUT2D eigenvalue weighted by molar-refractivity contribution is -0.274. The van der Waals surface area contributed by atoms with Gasteiger partial charge >= 0.3 is 6.36 Å². The Morgan fingerprint density at radius 2 is 1.95 bits per heavy atom. The van der Waals surface area contributed by atoms with Gasteiger partial charge in [-0.05, 0) is 36.0 Å². The van der Waals surface area contributed by atoms with Gasteiger partial charge in [0, 0.05) is 6.54 Å². The molecule has 0 aliphatic heterocycles. The lowest BCUT2D eigenvalue weighted by Gasteiger charge is -2.09. The van der Waals surface area contributed by atoms with Crippen molar-refractivity contribution < 1.29 is 22.7 Å². The van der Waals surface area contributed by atoms with Gasteiger partial charge < -0.3 is 10.1 Å². The van der Waals surface area contributed by atoms with E-state index in [-0.39, 0.29) is 18.1 Å². The van der Waals surface area contributed by atoms with E-state index >= 15 is 0 Å². The first-order valence-electron chi connectivity index (χ1n) is 6.45. The molecule has 2 unspecified atom stereocenters. The maximum atomic E-state index is 12.0. The maximum Gasteiger partial charge on any atom is 0.573 e. The molecule has 1 aromatic rings. The lowest BCUT2D eigenvalue weighted by Crippen LogP contribution is -2.27. The monoisotopic (exact) mass is 287 g/mol. The van der Waals surface area contributed by atoms with Gasteiger partial charge in [-0.25, -0.2) is 0 Å². The Kier molecular flexibility index (Phi) is 4.20. The molecule has 110 valence electrons. The predicted octanol–water partition coefficient (Wildman–Crippen LogP) is 2.90. The largest absolute Gasteiger partial charge is 0.573 e. The molecule has 1 aliphatic rings. The molecule has 0 spiro atoms. The SMILES string of the molecule is CC1CC1CNC(=O)Cc1ccc(OC(F)(F)F)cc1. The second-order valence-electron chi connectivity index (χ2n) is 5.15. The lowest BCUT2D eigenvalue weighted by atomic mass is 10.1. The van der Waals surface area contributed by atoms with Crippen LogP contribution < -0.4 is 10.1 Å². The van der Waals surface area contributed by atoms with Crippen LogP contribution in [0.3, 0.4) is 0 Å². The average Bonchev–Trinajstić information content (AvgIpc) is 3.04. The van der Waals surface area contributed by atoms with E-state index < -0.39 is 6.36 Å². The zero-order valence-electron chi connectivity index (χ0n) is 11.0. The fraction of sp³-hybridized carbons (Fsp3) is 0.500. The number of halogens is 3. The molecular weight excluding hydrogens is 271 g/mol. The molecule has 0 aromatic heterocycles. The molecule has 0 bridgehead atoms. The Morgan fingerprint density at radius 3 is 2.45 bits per heavy atom. The van der Waals surface area contributed by atoms with Crippen LogP contribution in [0, 0.1) is 11.8 Å². The first-order chi connectivity index (χ1) is 9.33. The third-order valence-electron chi connectivity index (χ3n) is 3.36. The van der Waals surface area contributed by atoms with Crippen molar-refractivity contribution in [3.8, 4) is 5.75 Å². The molecule has 0 heterocycles. The summed E-state index contributed by atoms with van der Waals surface area (Å²) < 4.78 is 39.7. The van der Waals surface area contributed by atoms with E-state index in [4.69, 9.17) is 0 Å². The van der Waals surface area contributed by atoms with E-state index in [0.717, 1.165) is 6.42 Å². The van der Waals surface area contributed by atoms with Crippen molar-refractivity contribution in [3.05, 3.63) is 29.8 Å². The smallest absolute Gasteiger partial charge is 0.406 e. The van der Waals surface area contributed by atoms with Gasteiger partial charge in [0.15, 0.2) is 0 Å². The summed E-state index contributed by atoms with van der Waals surface area (Å²) in [5, 5.41) is 2.83. The molecule has 1 fully saturated rings. The van der Waals surface area contributed by atoms with E-state index in [1.54, 1.807) is 0 Å².